The maximum Gasteiger partial charge on any atom is 0.266 e. The summed E-state index contributed by atoms with van der Waals surface area (Å²) in [5.41, 5.74) is -0.889. The van der Waals surface area contributed by atoms with Crippen LogP contribution in [0.2, 0.25) is 0 Å². The number of methoxy groups -OCH3 is 2. The van der Waals surface area contributed by atoms with Crippen LogP contribution in [0.4, 0.5) is 23.4 Å². The first-order chi connectivity index (χ1) is 14.2. The number of anilines is 1. The van der Waals surface area contributed by atoms with Gasteiger partial charge in [-0.25, -0.2) is 26.0 Å². The number of nitrogens with one attached hydrogen (secondary N) is 1. The van der Waals surface area contributed by atoms with Gasteiger partial charge in [0, 0.05) is 24.4 Å². The molecule has 0 aliphatic heterocycles. The second-order valence-electron chi connectivity index (χ2n) is 5.97. The maximum absolute atomic E-state index is 13.8. The van der Waals surface area contributed by atoms with E-state index < -0.39 is 45.4 Å². The first-order valence-electron chi connectivity index (χ1n) is 8.26. The lowest BCUT2D eigenvalue weighted by atomic mass is 10.2. The summed E-state index contributed by atoms with van der Waals surface area (Å²) in [7, 11) is -1.53. The molecule has 1 heterocycles. The van der Waals surface area contributed by atoms with E-state index in [1.165, 1.54) is 44.7 Å². The van der Waals surface area contributed by atoms with E-state index in [0.29, 0.717) is 0 Å². The molecule has 0 bridgehead atoms. The van der Waals surface area contributed by atoms with E-state index in [1.54, 1.807) is 0 Å². The lowest BCUT2D eigenvalue weighted by molar-refractivity contribution is 0.392. The molecule has 2 aromatic carbocycles. The summed E-state index contributed by atoms with van der Waals surface area (Å²) in [6.07, 6.45) is 1.18. The Kier molecular flexibility index (Phi) is 5.87. The smallest absolute Gasteiger partial charge is 0.266 e. The molecular weight excluding hydrogens is 430 g/mol. The largest absolute Gasteiger partial charge is 0.497 e. The fraction of sp³-hybridized carbons (Fsp3) is 0.167. The van der Waals surface area contributed by atoms with Crippen LogP contribution in [0.5, 0.6) is 11.5 Å². The molecule has 1 N–H and O–H groups in total. The molecule has 160 valence electrons. The topological polar surface area (TPSA) is 82.5 Å². The fourth-order valence-corrected chi connectivity index (χ4v) is 3.80. The van der Waals surface area contributed by atoms with Crippen LogP contribution in [0.1, 0.15) is 5.56 Å². The third kappa shape index (κ3) is 4.17. The third-order valence-electron chi connectivity index (χ3n) is 4.06. The van der Waals surface area contributed by atoms with E-state index >= 15 is 0 Å². The lowest BCUT2D eigenvalue weighted by Gasteiger charge is -2.11. The number of halogens is 4. The molecule has 0 radical (unpaired) electrons. The van der Waals surface area contributed by atoms with Crippen molar-refractivity contribution in [3.63, 3.8) is 0 Å². The standard InChI is InChI=1S/C18H15F4N3O4S/c1-28-10-3-4-14(29-2)15(7-10)30(26,27)24-16-5-6-25(23-16)9-11-17(21)12(19)8-13(20)18(11)22/h3-8H,9H2,1-2H3,(H,23,24). The van der Waals surface area contributed by atoms with Crippen LogP contribution in [0.25, 0.3) is 0 Å². The van der Waals surface area contributed by atoms with Gasteiger partial charge in [0.2, 0.25) is 0 Å². The summed E-state index contributed by atoms with van der Waals surface area (Å²) in [5.74, 6) is -6.12. The highest BCUT2D eigenvalue weighted by Gasteiger charge is 2.23. The minimum absolute atomic E-state index is 0.0436. The van der Waals surface area contributed by atoms with Gasteiger partial charge in [0.25, 0.3) is 10.0 Å². The first kappa shape index (κ1) is 21.4. The van der Waals surface area contributed by atoms with Crippen molar-refractivity contribution < 1.29 is 35.5 Å². The van der Waals surface area contributed by atoms with Crippen LogP contribution in [-0.2, 0) is 16.6 Å². The lowest BCUT2D eigenvalue weighted by Crippen LogP contribution is -2.15. The molecule has 1 aromatic heterocycles. The van der Waals surface area contributed by atoms with Gasteiger partial charge in [-0.3, -0.25) is 9.40 Å². The molecule has 0 fully saturated rings. The Labute approximate surface area is 168 Å². The number of hydrogen-bond acceptors (Lipinski definition) is 5. The van der Waals surface area contributed by atoms with E-state index in [1.807, 2.05) is 0 Å². The van der Waals surface area contributed by atoms with E-state index in [0.717, 1.165) is 4.68 Å². The second-order valence-corrected chi connectivity index (χ2v) is 7.62. The van der Waals surface area contributed by atoms with Crippen molar-refractivity contribution in [3.8, 4) is 11.5 Å². The average Bonchev–Trinajstić information content (AvgIpc) is 3.15. The van der Waals surface area contributed by atoms with Gasteiger partial charge in [0.15, 0.2) is 29.1 Å². The summed E-state index contributed by atoms with van der Waals surface area (Å²) < 4.78 is 92.9. The van der Waals surface area contributed by atoms with Crippen LogP contribution in [0, 0.1) is 23.3 Å². The van der Waals surface area contributed by atoms with E-state index in [2.05, 4.69) is 9.82 Å². The Hall–Kier alpha value is -3.28. The Morgan fingerprint density at radius 2 is 1.67 bits per heavy atom. The number of aromatic nitrogens is 2. The van der Waals surface area contributed by atoms with Gasteiger partial charge in [0.05, 0.1) is 26.3 Å². The van der Waals surface area contributed by atoms with Gasteiger partial charge in [-0.05, 0) is 12.1 Å². The van der Waals surface area contributed by atoms with Crippen LogP contribution >= 0.6 is 0 Å². The highest BCUT2D eigenvalue weighted by molar-refractivity contribution is 7.92. The first-order valence-corrected chi connectivity index (χ1v) is 9.74. The van der Waals surface area contributed by atoms with Crippen LogP contribution in [-0.4, -0.2) is 32.4 Å². The Balaban J connectivity index is 1.88. The normalized spacial score (nSPS) is 11.4. The quantitative estimate of drug-likeness (QED) is 0.446. The molecule has 0 amide bonds. The molecule has 0 aliphatic carbocycles. The minimum atomic E-state index is -4.18. The van der Waals surface area contributed by atoms with Crippen molar-refractivity contribution in [2.75, 3.05) is 18.9 Å². The molecule has 12 heteroatoms. The van der Waals surface area contributed by atoms with Gasteiger partial charge >= 0.3 is 0 Å². The zero-order valence-corrected chi connectivity index (χ0v) is 16.4. The molecule has 7 nitrogen and oxygen atoms in total. The second kappa shape index (κ2) is 8.22. The van der Waals surface area contributed by atoms with E-state index in [-0.39, 0.29) is 28.3 Å². The van der Waals surface area contributed by atoms with Gasteiger partial charge in [-0.1, -0.05) is 0 Å². The predicted molar refractivity (Wildman–Crippen MR) is 98.0 cm³/mol. The molecule has 0 unspecified atom stereocenters. The van der Waals surface area contributed by atoms with Crippen molar-refractivity contribution in [2.45, 2.75) is 11.4 Å². The molecule has 30 heavy (non-hydrogen) atoms. The van der Waals surface area contributed by atoms with Crippen molar-refractivity contribution in [2.24, 2.45) is 0 Å². The molecule has 0 aliphatic rings. The molecule has 0 spiro atoms. The van der Waals surface area contributed by atoms with Crippen molar-refractivity contribution in [3.05, 3.63) is 65.4 Å². The number of sulfonamides is 1. The van der Waals surface area contributed by atoms with Crippen LogP contribution < -0.4 is 14.2 Å². The molecule has 0 saturated heterocycles. The van der Waals surface area contributed by atoms with E-state index in [9.17, 15) is 26.0 Å². The average molecular weight is 445 g/mol. The Morgan fingerprint density at radius 1 is 1.00 bits per heavy atom. The summed E-state index contributed by atoms with van der Waals surface area (Å²) in [6, 6.07) is 5.44. The van der Waals surface area contributed by atoms with Gasteiger partial charge in [-0.2, -0.15) is 5.10 Å². The van der Waals surface area contributed by atoms with Crippen molar-refractivity contribution in [1.29, 1.82) is 0 Å². The van der Waals surface area contributed by atoms with Gasteiger partial charge in [0.1, 0.15) is 16.4 Å². The summed E-state index contributed by atoms with van der Waals surface area (Å²) in [5, 5.41) is 3.83. The van der Waals surface area contributed by atoms with Crippen molar-refractivity contribution >= 4 is 15.8 Å². The number of nitrogens with zero attached hydrogens (tertiary/aromatic N) is 2. The van der Waals surface area contributed by atoms with Crippen LogP contribution in [0.3, 0.4) is 0 Å². The highest BCUT2D eigenvalue weighted by Crippen LogP contribution is 2.29. The zero-order chi connectivity index (χ0) is 22.1. The Bertz CT molecular complexity index is 1170. The van der Waals surface area contributed by atoms with E-state index in [4.69, 9.17) is 9.47 Å². The number of ether oxygens (including phenoxy) is 2. The Morgan fingerprint density at radius 3 is 2.27 bits per heavy atom. The van der Waals surface area contributed by atoms with Gasteiger partial charge < -0.3 is 9.47 Å². The molecule has 3 rings (SSSR count). The van der Waals surface area contributed by atoms with Crippen LogP contribution in [0.15, 0.2) is 41.4 Å². The highest BCUT2D eigenvalue weighted by atomic mass is 32.2. The summed E-state index contributed by atoms with van der Waals surface area (Å²) >= 11 is 0. The third-order valence-corrected chi connectivity index (χ3v) is 5.44. The zero-order valence-electron chi connectivity index (χ0n) is 15.6. The molecule has 3 aromatic rings. The molecule has 0 saturated carbocycles. The maximum atomic E-state index is 13.8. The number of hydrogen-bond donors (Lipinski definition) is 1. The number of benzene rings is 2. The summed E-state index contributed by atoms with van der Waals surface area (Å²) in [4.78, 5) is -0.233. The fourth-order valence-electron chi connectivity index (χ4n) is 2.61. The SMILES string of the molecule is COc1ccc(OC)c(S(=O)(=O)Nc2ccn(Cc3c(F)c(F)cc(F)c3F)n2)c1. The minimum Gasteiger partial charge on any atom is -0.497 e. The van der Waals surface area contributed by atoms with Crippen molar-refractivity contribution in [1.82, 2.24) is 9.78 Å². The molecule has 0 atom stereocenters. The monoisotopic (exact) mass is 445 g/mol. The predicted octanol–water partition coefficient (Wildman–Crippen LogP) is 3.31. The number of rotatable bonds is 7. The molecular formula is C18H15F4N3O4S. The summed E-state index contributed by atoms with van der Waals surface area (Å²) in [6.45, 7) is -0.670. The van der Waals surface area contributed by atoms with Gasteiger partial charge in [-0.15, -0.1) is 0 Å².